The maximum absolute atomic E-state index is 13.4. The number of carbonyl (C=O) groups is 1. The van der Waals surface area contributed by atoms with Crippen LogP contribution < -0.4 is 5.32 Å². The van der Waals surface area contributed by atoms with Gasteiger partial charge >= 0.3 is 0 Å². The van der Waals surface area contributed by atoms with E-state index >= 15 is 0 Å². The van der Waals surface area contributed by atoms with Crippen LogP contribution in [0.25, 0.3) is 5.95 Å². The summed E-state index contributed by atoms with van der Waals surface area (Å²) in [5.74, 6) is -2.38. The third-order valence-electron chi connectivity index (χ3n) is 5.56. The van der Waals surface area contributed by atoms with Gasteiger partial charge in [0.15, 0.2) is 0 Å². The molecule has 1 aliphatic carbocycles. The van der Waals surface area contributed by atoms with Gasteiger partial charge in [-0.3, -0.25) is 14.3 Å². The highest BCUT2D eigenvalue weighted by Gasteiger charge is 2.41. The number of rotatable bonds is 4. The van der Waals surface area contributed by atoms with E-state index in [1.54, 1.807) is 29.4 Å². The molecule has 9 heteroatoms. The van der Waals surface area contributed by atoms with E-state index in [4.69, 9.17) is 0 Å². The number of alkyl halides is 2. The molecule has 7 nitrogen and oxygen atoms in total. The summed E-state index contributed by atoms with van der Waals surface area (Å²) in [4.78, 5) is 27.2. The maximum atomic E-state index is 13.4. The van der Waals surface area contributed by atoms with Crippen LogP contribution in [-0.4, -0.2) is 61.4 Å². The van der Waals surface area contributed by atoms with E-state index < -0.39 is 5.92 Å². The second kappa shape index (κ2) is 7.54. The molecule has 1 saturated heterocycles. The molecule has 1 aliphatic heterocycles. The van der Waals surface area contributed by atoms with Gasteiger partial charge in [0.2, 0.25) is 5.95 Å². The number of likely N-dealkylation sites (tertiary alicyclic amines) is 1. The second-order valence-electron chi connectivity index (χ2n) is 7.72. The summed E-state index contributed by atoms with van der Waals surface area (Å²) < 4.78 is 28.5. The SMILES string of the molecule is Cc1cc(C(=O)N[C@H]2CC[C@H](N3CCC(F)(F)C3)CC2)nc(-n2ccnc2)n1. The van der Waals surface area contributed by atoms with Crippen molar-refractivity contribution in [3.05, 3.63) is 36.2 Å². The zero-order valence-electron chi connectivity index (χ0n) is 15.8. The Balaban J connectivity index is 1.35. The largest absolute Gasteiger partial charge is 0.348 e. The predicted molar refractivity (Wildman–Crippen MR) is 98.5 cm³/mol. The lowest BCUT2D eigenvalue weighted by atomic mass is 9.90. The Bertz CT molecular complexity index is 833. The van der Waals surface area contributed by atoms with Crippen LogP contribution in [0.5, 0.6) is 0 Å². The van der Waals surface area contributed by atoms with Crippen molar-refractivity contribution in [2.75, 3.05) is 13.1 Å². The Morgan fingerprint density at radius 2 is 2.04 bits per heavy atom. The van der Waals surface area contributed by atoms with Crippen molar-refractivity contribution >= 4 is 5.91 Å². The zero-order valence-corrected chi connectivity index (χ0v) is 15.8. The molecule has 1 N–H and O–H groups in total. The van der Waals surface area contributed by atoms with Crippen molar-refractivity contribution in [3.8, 4) is 5.95 Å². The number of amides is 1. The molecule has 3 heterocycles. The standard InChI is InChI=1S/C19H24F2N6O/c1-13-10-16(25-18(23-13)27-9-7-22-12-27)17(28)24-14-2-4-15(5-3-14)26-8-6-19(20,21)11-26/h7,9-10,12,14-15H,2-6,8,11H2,1H3,(H,24,28)/t14-,15-. The molecule has 0 unspecified atom stereocenters. The monoisotopic (exact) mass is 390 g/mol. The van der Waals surface area contributed by atoms with Gasteiger partial charge in [-0.2, -0.15) is 0 Å². The molecule has 0 spiro atoms. The van der Waals surface area contributed by atoms with Gasteiger partial charge in [0.1, 0.15) is 12.0 Å². The first-order chi connectivity index (χ1) is 13.4. The molecule has 1 amide bonds. The summed E-state index contributed by atoms with van der Waals surface area (Å²) in [6.45, 7) is 2.15. The van der Waals surface area contributed by atoms with Crippen LogP contribution in [0.1, 0.15) is 48.3 Å². The average Bonchev–Trinajstić information content (AvgIpc) is 3.31. The molecule has 1 saturated carbocycles. The highest BCUT2D eigenvalue weighted by atomic mass is 19.3. The van der Waals surface area contributed by atoms with Crippen molar-refractivity contribution in [3.63, 3.8) is 0 Å². The number of nitrogens with one attached hydrogen (secondary N) is 1. The molecule has 2 aromatic heterocycles. The molecular formula is C19H24F2N6O. The molecule has 2 fully saturated rings. The highest BCUT2D eigenvalue weighted by Crippen LogP contribution is 2.32. The Morgan fingerprint density at radius 3 is 2.68 bits per heavy atom. The van der Waals surface area contributed by atoms with Gasteiger partial charge < -0.3 is 5.32 Å². The first-order valence-electron chi connectivity index (χ1n) is 9.66. The topological polar surface area (TPSA) is 75.9 Å². The Labute approximate surface area is 162 Å². The van der Waals surface area contributed by atoms with Crippen LogP contribution in [0.4, 0.5) is 8.78 Å². The molecule has 0 atom stereocenters. The lowest BCUT2D eigenvalue weighted by molar-refractivity contribution is 0.00504. The van der Waals surface area contributed by atoms with Gasteiger partial charge in [0, 0.05) is 43.1 Å². The number of halogens is 2. The number of imidazole rings is 1. The van der Waals surface area contributed by atoms with Gasteiger partial charge in [0.25, 0.3) is 11.8 Å². The lowest BCUT2D eigenvalue weighted by Crippen LogP contribution is -2.44. The maximum Gasteiger partial charge on any atom is 0.270 e. The summed E-state index contributed by atoms with van der Waals surface area (Å²) in [6.07, 6.45) is 8.11. The van der Waals surface area contributed by atoms with Crippen molar-refractivity contribution in [2.45, 2.75) is 57.0 Å². The van der Waals surface area contributed by atoms with Crippen LogP contribution in [0.3, 0.4) is 0 Å². The van der Waals surface area contributed by atoms with Crippen molar-refractivity contribution in [1.29, 1.82) is 0 Å². The molecule has 0 radical (unpaired) electrons. The fourth-order valence-electron chi connectivity index (χ4n) is 4.08. The van der Waals surface area contributed by atoms with Crippen molar-refractivity contribution in [1.82, 2.24) is 29.7 Å². The molecule has 0 aromatic carbocycles. The van der Waals surface area contributed by atoms with E-state index in [1.807, 2.05) is 11.8 Å². The smallest absolute Gasteiger partial charge is 0.270 e. The molecule has 28 heavy (non-hydrogen) atoms. The summed E-state index contributed by atoms with van der Waals surface area (Å²) in [7, 11) is 0. The zero-order chi connectivity index (χ0) is 19.7. The van der Waals surface area contributed by atoms with Crippen LogP contribution in [-0.2, 0) is 0 Å². The van der Waals surface area contributed by atoms with Gasteiger partial charge in [-0.05, 0) is 38.7 Å². The predicted octanol–water partition coefficient (Wildman–Crippen LogP) is 2.35. The van der Waals surface area contributed by atoms with E-state index in [0.717, 1.165) is 25.7 Å². The lowest BCUT2D eigenvalue weighted by Gasteiger charge is -2.34. The number of aryl methyl sites for hydroxylation is 1. The molecule has 150 valence electrons. The number of nitrogens with zero attached hydrogens (tertiary/aromatic N) is 5. The molecular weight excluding hydrogens is 366 g/mol. The Kier molecular flexibility index (Phi) is 5.09. The summed E-state index contributed by atoms with van der Waals surface area (Å²) in [6, 6.07) is 1.89. The third-order valence-corrected chi connectivity index (χ3v) is 5.56. The van der Waals surface area contributed by atoms with Crippen LogP contribution in [0.2, 0.25) is 0 Å². The van der Waals surface area contributed by atoms with Gasteiger partial charge in [0.05, 0.1) is 6.54 Å². The van der Waals surface area contributed by atoms with Crippen molar-refractivity contribution < 1.29 is 13.6 Å². The summed E-state index contributed by atoms with van der Waals surface area (Å²) in [5.41, 5.74) is 1.01. The number of hydrogen-bond acceptors (Lipinski definition) is 5. The highest BCUT2D eigenvalue weighted by molar-refractivity contribution is 5.92. The van der Waals surface area contributed by atoms with Crippen LogP contribution >= 0.6 is 0 Å². The van der Waals surface area contributed by atoms with E-state index in [9.17, 15) is 13.6 Å². The van der Waals surface area contributed by atoms with Gasteiger partial charge in [-0.25, -0.2) is 23.7 Å². The molecule has 2 aliphatic rings. The second-order valence-corrected chi connectivity index (χ2v) is 7.72. The van der Waals surface area contributed by atoms with Crippen LogP contribution in [0, 0.1) is 6.92 Å². The minimum atomic E-state index is -2.55. The molecule has 2 aromatic rings. The number of hydrogen-bond donors (Lipinski definition) is 1. The quantitative estimate of drug-likeness (QED) is 0.867. The minimum absolute atomic E-state index is 0.0406. The number of carbonyl (C=O) groups excluding carboxylic acids is 1. The van der Waals surface area contributed by atoms with E-state index in [1.165, 1.54) is 0 Å². The third kappa shape index (κ3) is 4.19. The summed E-state index contributed by atoms with van der Waals surface area (Å²) in [5, 5.41) is 3.04. The first kappa shape index (κ1) is 18.9. The Morgan fingerprint density at radius 1 is 1.25 bits per heavy atom. The first-order valence-corrected chi connectivity index (χ1v) is 9.66. The van der Waals surface area contributed by atoms with Gasteiger partial charge in [-0.15, -0.1) is 0 Å². The molecule has 4 rings (SSSR count). The minimum Gasteiger partial charge on any atom is -0.348 e. The average molecular weight is 390 g/mol. The van der Waals surface area contributed by atoms with Gasteiger partial charge in [-0.1, -0.05) is 0 Å². The number of aromatic nitrogens is 4. The molecule has 0 bridgehead atoms. The van der Waals surface area contributed by atoms with E-state index in [0.29, 0.717) is 23.9 Å². The van der Waals surface area contributed by atoms with Crippen LogP contribution in [0.15, 0.2) is 24.8 Å². The van der Waals surface area contributed by atoms with E-state index in [-0.39, 0.29) is 31.0 Å². The summed E-state index contributed by atoms with van der Waals surface area (Å²) >= 11 is 0. The fourth-order valence-corrected chi connectivity index (χ4v) is 4.08. The Hall–Kier alpha value is -2.42. The fraction of sp³-hybridized carbons (Fsp3) is 0.579. The van der Waals surface area contributed by atoms with E-state index in [2.05, 4.69) is 20.3 Å². The van der Waals surface area contributed by atoms with Crippen molar-refractivity contribution in [2.24, 2.45) is 0 Å². The normalized spacial score (nSPS) is 25.0.